The highest BCUT2D eigenvalue weighted by molar-refractivity contribution is 5.91. The van der Waals surface area contributed by atoms with Crippen molar-refractivity contribution in [1.29, 1.82) is 0 Å². The number of para-hydroxylation sites is 1. The summed E-state index contributed by atoms with van der Waals surface area (Å²) in [7, 11) is 0. The number of hydrogen-bond acceptors (Lipinski definition) is 3. The Morgan fingerprint density at radius 3 is 2.53 bits per heavy atom. The van der Waals surface area contributed by atoms with Crippen LogP contribution in [-0.2, 0) is 0 Å². The molecule has 0 spiro atoms. The number of benzene rings is 2. The fourth-order valence-electron chi connectivity index (χ4n) is 1.81. The van der Waals surface area contributed by atoms with Gasteiger partial charge in [0.05, 0.1) is 0 Å². The molecule has 0 saturated heterocycles. The molecule has 1 aromatic heterocycles. The Labute approximate surface area is 97.7 Å². The van der Waals surface area contributed by atoms with Gasteiger partial charge in [-0.1, -0.05) is 41.6 Å². The summed E-state index contributed by atoms with van der Waals surface area (Å²) in [6.45, 7) is 0. The van der Waals surface area contributed by atoms with E-state index >= 15 is 0 Å². The molecule has 0 saturated carbocycles. The quantitative estimate of drug-likeness (QED) is 0.626. The first kappa shape index (κ1) is 9.78. The van der Waals surface area contributed by atoms with Gasteiger partial charge in [-0.15, -0.1) is 0 Å². The van der Waals surface area contributed by atoms with Gasteiger partial charge in [0.15, 0.2) is 5.58 Å². The Balaban J connectivity index is 2.16. The van der Waals surface area contributed by atoms with Crippen molar-refractivity contribution in [2.24, 2.45) is 0 Å². The fraction of sp³-hybridized carbons (Fsp3) is 0. The van der Waals surface area contributed by atoms with Gasteiger partial charge in [-0.3, -0.25) is 4.79 Å². The second-order valence-corrected chi connectivity index (χ2v) is 3.77. The van der Waals surface area contributed by atoms with E-state index in [0.29, 0.717) is 5.56 Å². The van der Waals surface area contributed by atoms with E-state index in [2.05, 4.69) is 5.16 Å². The third-order valence-electron chi connectivity index (χ3n) is 2.70. The summed E-state index contributed by atoms with van der Waals surface area (Å²) in [5.41, 5.74) is 3.17. The first-order valence-electron chi connectivity index (χ1n) is 5.28. The number of aromatic nitrogens is 1. The van der Waals surface area contributed by atoms with Crippen LogP contribution in [0.1, 0.15) is 10.4 Å². The van der Waals surface area contributed by atoms with Gasteiger partial charge < -0.3 is 4.52 Å². The van der Waals surface area contributed by atoms with Crippen LogP contribution < -0.4 is 0 Å². The average molecular weight is 223 g/mol. The number of rotatable bonds is 2. The average Bonchev–Trinajstić information content (AvgIpc) is 2.83. The van der Waals surface area contributed by atoms with Crippen LogP contribution in [-0.4, -0.2) is 11.4 Å². The molecule has 3 heteroatoms. The molecule has 2 aromatic carbocycles. The predicted octanol–water partition coefficient (Wildman–Crippen LogP) is 3.31. The van der Waals surface area contributed by atoms with Crippen molar-refractivity contribution in [1.82, 2.24) is 5.16 Å². The van der Waals surface area contributed by atoms with Gasteiger partial charge in [-0.25, -0.2) is 0 Å². The number of carbonyl (C=O) groups excluding carboxylic acids is 1. The second-order valence-electron chi connectivity index (χ2n) is 3.77. The molecule has 0 aliphatic heterocycles. The minimum atomic E-state index is 0.654. The molecule has 82 valence electrons. The number of carbonyl (C=O) groups is 1. The molecule has 0 fully saturated rings. The van der Waals surface area contributed by atoms with Crippen LogP contribution in [0, 0.1) is 0 Å². The van der Waals surface area contributed by atoms with Crippen molar-refractivity contribution in [3.05, 3.63) is 54.1 Å². The summed E-state index contributed by atoms with van der Waals surface area (Å²) in [4.78, 5) is 10.6. The van der Waals surface area contributed by atoms with Gasteiger partial charge in [-0.2, -0.15) is 0 Å². The third-order valence-corrected chi connectivity index (χ3v) is 2.70. The van der Waals surface area contributed by atoms with Gasteiger partial charge in [0, 0.05) is 16.5 Å². The van der Waals surface area contributed by atoms with Gasteiger partial charge in [0.1, 0.15) is 12.0 Å². The van der Waals surface area contributed by atoms with Crippen LogP contribution >= 0.6 is 0 Å². The van der Waals surface area contributed by atoms with Crippen LogP contribution in [0.15, 0.2) is 53.1 Å². The molecule has 3 nitrogen and oxygen atoms in total. The molecule has 3 aromatic rings. The Morgan fingerprint density at radius 1 is 1.00 bits per heavy atom. The second kappa shape index (κ2) is 3.87. The molecule has 0 unspecified atom stereocenters. The molecule has 1 heterocycles. The zero-order valence-corrected chi connectivity index (χ0v) is 8.96. The lowest BCUT2D eigenvalue weighted by Crippen LogP contribution is -1.81. The van der Waals surface area contributed by atoms with E-state index in [0.717, 1.165) is 28.5 Å². The molecule has 17 heavy (non-hydrogen) atoms. The molecular formula is C14H9NO2. The summed E-state index contributed by atoms with van der Waals surface area (Å²) in [5.74, 6) is 0. The SMILES string of the molecule is O=Cc1ccc(-c2noc3ccccc23)cc1. The van der Waals surface area contributed by atoms with Crippen LogP contribution in [0.25, 0.3) is 22.2 Å². The first-order valence-corrected chi connectivity index (χ1v) is 5.28. The molecule has 0 amide bonds. The van der Waals surface area contributed by atoms with E-state index < -0.39 is 0 Å². The molecule has 0 aliphatic carbocycles. The predicted molar refractivity (Wildman–Crippen MR) is 64.8 cm³/mol. The van der Waals surface area contributed by atoms with Gasteiger partial charge >= 0.3 is 0 Å². The largest absolute Gasteiger partial charge is 0.356 e. The van der Waals surface area contributed by atoms with E-state index in [4.69, 9.17) is 4.52 Å². The van der Waals surface area contributed by atoms with Crippen LogP contribution in [0.3, 0.4) is 0 Å². The zero-order valence-electron chi connectivity index (χ0n) is 8.96. The first-order chi connectivity index (χ1) is 8.38. The van der Waals surface area contributed by atoms with Crippen LogP contribution in [0.4, 0.5) is 0 Å². The maximum Gasteiger partial charge on any atom is 0.167 e. The van der Waals surface area contributed by atoms with Crippen LogP contribution in [0.5, 0.6) is 0 Å². The minimum Gasteiger partial charge on any atom is -0.356 e. The van der Waals surface area contributed by atoms with Crippen LogP contribution in [0.2, 0.25) is 0 Å². The molecule has 0 radical (unpaired) electrons. The molecule has 3 rings (SSSR count). The Hall–Kier alpha value is -2.42. The topological polar surface area (TPSA) is 43.1 Å². The summed E-state index contributed by atoms with van der Waals surface area (Å²) in [6, 6.07) is 15.0. The molecule has 0 N–H and O–H groups in total. The highest BCUT2D eigenvalue weighted by Crippen LogP contribution is 2.27. The number of aldehydes is 1. The van der Waals surface area contributed by atoms with Crippen molar-refractivity contribution < 1.29 is 9.32 Å². The monoisotopic (exact) mass is 223 g/mol. The fourth-order valence-corrected chi connectivity index (χ4v) is 1.81. The standard InChI is InChI=1S/C14H9NO2/c16-9-10-5-7-11(8-6-10)14-12-3-1-2-4-13(12)17-15-14/h1-9H. The summed E-state index contributed by atoms with van der Waals surface area (Å²) < 4.78 is 5.24. The number of nitrogens with zero attached hydrogens (tertiary/aromatic N) is 1. The van der Waals surface area contributed by atoms with E-state index in [1.165, 1.54) is 0 Å². The maximum atomic E-state index is 10.6. The number of hydrogen-bond donors (Lipinski definition) is 0. The van der Waals surface area contributed by atoms with E-state index in [1.807, 2.05) is 36.4 Å². The maximum absolute atomic E-state index is 10.6. The molecular weight excluding hydrogens is 214 g/mol. The van der Waals surface area contributed by atoms with E-state index in [9.17, 15) is 4.79 Å². The van der Waals surface area contributed by atoms with Crippen molar-refractivity contribution in [3.63, 3.8) is 0 Å². The smallest absolute Gasteiger partial charge is 0.167 e. The Morgan fingerprint density at radius 2 is 1.76 bits per heavy atom. The Kier molecular flexibility index (Phi) is 2.22. The van der Waals surface area contributed by atoms with Gasteiger partial charge in [0.25, 0.3) is 0 Å². The van der Waals surface area contributed by atoms with Gasteiger partial charge in [0.2, 0.25) is 0 Å². The normalized spacial score (nSPS) is 10.6. The lowest BCUT2D eigenvalue weighted by atomic mass is 10.1. The molecule has 0 atom stereocenters. The van der Waals surface area contributed by atoms with Crippen molar-refractivity contribution in [2.75, 3.05) is 0 Å². The molecule has 0 aliphatic rings. The van der Waals surface area contributed by atoms with Crippen molar-refractivity contribution in [3.8, 4) is 11.3 Å². The molecule has 0 bridgehead atoms. The van der Waals surface area contributed by atoms with Crippen molar-refractivity contribution >= 4 is 17.3 Å². The summed E-state index contributed by atoms with van der Waals surface area (Å²) in [5, 5.41) is 5.04. The lowest BCUT2D eigenvalue weighted by Gasteiger charge is -1.96. The number of fused-ring (bicyclic) bond motifs is 1. The third kappa shape index (κ3) is 1.61. The van der Waals surface area contributed by atoms with Gasteiger partial charge in [-0.05, 0) is 12.1 Å². The summed E-state index contributed by atoms with van der Waals surface area (Å²) in [6.07, 6.45) is 0.824. The van der Waals surface area contributed by atoms with E-state index in [-0.39, 0.29) is 0 Å². The highest BCUT2D eigenvalue weighted by atomic mass is 16.5. The summed E-state index contributed by atoms with van der Waals surface area (Å²) >= 11 is 0. The lowest BCUT2D eigenvalue weighted by molar-refractivity contribution is 0.112. The Bertz CT molecular complexity index is 668. The van der Waals surface area contributed by atoms with E-state index in [1.54, 1.807) is 12.1 Å². The zero-order chi connectivity index (χ0) is 11.7. The minimum absolute atomic E-state index is 0.654. The van der Waals surface area contributed by atoms with Crippen molar-refractivity contribution in [2.45, 2.75) is 0 Å². The highest BCUT2D eigenvalue weighted by Gasteiger charge is 2.08.